The third-order valence-corrected chi connectivity index (χ3v) is 9.52. The Morgan fingerprint density at radius 3 is 2.24 bits per heavy atom. The van der Waals surface area contributed by atoms with Gasteiger partial charge < -0.3 is 4.74 Å². The van der Waals surface area contributed by atoms with Gasteiger partial charge in [-0.25, -0.2) is 4.99 Å². The molecule has 0 saturated heterocycles. The van der Waals surface area contributed by atoms with E-state index >= 15 is 0 Å². The van der Waals surface area contributed by atoms with Gasteiger partial charge in [0, 0.05) is 22.3 Å². The minimum atomic E-state index is 0.633. The maximum absolute atomic E-state index is 6.47. The normalized spacial score (nSPS) is 12.4. The van der Waals surface area contributed by atoms with Gasteiger partial charge in [-0.3, -0.25) is 0 Å². The first-order valence-electron chi connectivity index (χ1n) is 17.1. The molecule has 0 amide bonds. The van der Waals surface area contributed by atoms with Crippen molar-refractivity contribution in [2.24, 2.45) is 4.99 Å². The van der Waals surface area contributed by atoms with Crippen molar-refractivity contribution in [3.05, 3.63) is 209 Å². The second-order valence-corrected chi connectivity index (χ2v) is 12.9. The highest BCUT2D eigenvalue weighted by Gasteiger charge is 2.18. The largest absolute Gasteiger partial charge is 0.457 e. The lowest BCUT2D eigenvalue weighted by Crippen LogP contribution is -2.05. The van der Waals surface area contributed by atoms with Crippen LogP contribution in [0.15, 0.2) is 175 Å². The van der Waals surface area contributed by atoms with Crippen molar-refractivity contribution in [1.82, 2.24) is 0 Å². The molecule has 8 rings (SSSR count). The molecule has 1 aliphatic rings. The van der Waals surface area contributed by atoms with Gasteiger partial charge in [0.25, 0.3) is 0 Å². The van der Waals surface area contributed by atoms with E-state index < -0.39 is 0 Å². The van der Waals surface area contributed by atoms with Crippen LogP contribution in [0.3, 0.4) is 0 Å². The number of nitrogens with zero attached hydrogens (tertiary/aromatic N) is 1. The number of fused-ring (bicyclic) bond motifs is 2. The molecule has 1 aliphatic heterocycles. The lowest BCUT2D eigenvalue weighted by molar-refractivity contribution is 0.513. The quantitative estimate of drug-likeness (QED) is 0.158. The monoisotopic (exact) mass is 643 g/mol. The van der Waals surface area contributed by atoms with Crippen LogP contribution in [-0.4, -0.2) is 5.71 Å². The van der Waals surface area contributed by atoms with Gasteiger partial charge >= 0.3 is 0 Å². The first kappa shape index (κ1) is 31.0. The maximum Gasteiger partial charge on any atom is 0.130 e. The van der Waals surface area contributed by atoms with Gasteiger partial charge in [-0.2, -0.15) is 0 Å². The van der Waals surface area contributed by atoms with E-state index in [1.54, 1.807) is 0 Å². The molecule has 0 N–H and O–H groups in total. The predicted octanol–water partition coefficient (Wildman–Crippen LogP) is 12.3. The fourth-order valence-electron chi connectivity index (χ4n) is 6.91. The molecular formula is C48H37NO. The highest BCUT2D eigenvalue weighted by molar-refractivity contribution is 6.16. The Labute approximate surface area is 294 Å². The fourth-order valence-corrected chi connectivity index (χ4v) is 6.91. The molecule has 240 valence electrons. The van der Waals surface area contributed by atoms with Crippen LogP contribution in [0.4, 0.5) is 0 Å². The Morgan fingerprint density at radius 1 is 0.600 bits per heavy atom. The maximum atomic E-state index is 6.47. The Bertz CT molecular complexity index is 2470. The summed E-state index contributed by atoms with van der Waals surface area (Å²) in [7, 11) is 0. The summed E-state index contributed by atoms with van der Waals surface area (Å²) in [6.07, 6.45) is 3.08. The molecule has 50 heavy (non-hydrogen) atoms. The molecule has 0 unspecified atom stereocenters. The van der Waals surface area contributed by atoms with Crippen molar-refractivity contribution in [3.8, 4) is 28.0 Å². The number of allylic oxidation sites excluding steroid dienone is 1. The summed E-state index contributed by atoms with van der Waals surface area (Å²) in [5, 5.41) is 2.38. The molecule has 0 saturated carbocycles. The number of rotatable bonds is 7. The number of hydrogen-bond acceptors (Lipinski definition) is 2. The summed E-state index contributed by atoms with van der Waals surface area (Å²) in [5.41, 5.74) is 14.4. The molecule has 0 bridgehead atoms. The zero-order valence-corrected chi connectivity index (χ0v) is 28.4. The average Bonchev–Trinajstić information content (AvgIpc) is 3.36. The smallest absolute Gasteiger partial charge is 0.130 e. The Morgan fingerprint density at radius 2 is 1.36 bits per heavy atom. The van der Waals surface area contributed by atoms with Gasteiger partial charge in [0.2, 0.25) is 0 Å². The summed E-state index contributed by atoms with van der Waals surface area (Å²) in [6.45, 7) is 8.45. The van der Waals surface area contributed by atoms with Crippen molar-refractivity contribution < 1.29 is 4.74 Å². The standard InChI is InChI=1S/C48H37NO/c1-32-13-11-18-38(29-32)34(3)50-46-31-41(24-23-33(46)2)47-42-21-9-7-14-35(42)25-27-43(47)39-19-12-20-40(30-39)45-28-26-36-15-8-10-22-44(36)48(49-45)37-16-5-4-6-17-37/h4-25,27-31H,3,26H2,1-2H3. The molecular weight excluding hydrogens is 607 g/mol. The lowest BCUT2D eigenvalue weighted by Gasteiger charge is -2.18. The number of benzene rings is 7. The van der Waals surface area contributed by atoms with Crippen LogP contribution in [-0.2, 0) is 6.42 Å². The number of aryl methyl sites for hydroxylation is 2. The molecule has 0 aliphatic carbocycles. The highest BCUT2D eigenvalue weighted by Crippen LogP contribution is 2.41. The van der Waals surface area contributed by atoms with Gasteiger partial charge in [0.15, 0.2) is 0 Å². The molecule has 2 heteroatoms. The first-order valence-corrected chi connectivity index (χ1v) is 17.1. The van der Waals surface area contributed by atoms with Gasteiger partial charge in [0.1, 0.15) is 11.5 Å². The molecule has 7 aromatic rings. The van der Waals surface area contributed by atoms with Gasteiger partial charge in [-0.05, 0) is 82.6 Å². The zero-order chi connectivity index (χ0) is 34.0. The molecule has 7 aromatic carbocycles. The summed E-state index contributed by atoms with van der Waals surface area (Å²) in [5.74, 6) is 1.43. The molecule has 0 aromatic heterocycles. The average molecular weight is 644 g/mol. The summed E-state index contributed by atoms with van der Waals surface area (Å²) in [6, 6.07) is 55.8. The summed E-state index contributed by atoms with van der Waals surface area (Å²) >= 11 is 0. The number of aliphatic imine (C=N–C) groups is 1. The number of ether oxygens (including phenoxy) is 1. The third kappa shape index (κ3) is 6.08. The molecule has 2 nitrogen and oxygen atoms in total. The van der Waals surface area contributed by atoms with Crippen LogP contribution in [0.2, 0.25) is 0 Å². The lowest BCUT2D eigenvalue weighted by atomic mass is 9.88. The van der Waals surface area contributed by atoms with Gasteiger partial charge in [-0.1, -0.05) is 158 Å². The van der Waals surface area contributed by atoms with Crippen molar-refractivity contribution >= 4 is 27.9 Å². The Hall–Kier alpha value is -6.25. The summed E-state index contributed by atoms with van der Waals surface area (Å²) < 4.78 is 6.47. The second kappa shape index (κ2) is 13.3. The first-order chi connectivity index (χ1) is 24.5. The van der Waals surface area contributed by atoms with E-state index in [1.165, 1.54) is 33.0 Å². The summed E-state index contributed by atoms with van der Waals surface area (Å²) in [4.78, 5) is 5.35. The van der Waals surface area contributed by atoms with Crippen molar-refractivity contribution in [2.75, 3.05) is 0 Å². The van der Waals surface area contributed by atoms with Crippen LogP contribution in [0.5, 0.6) is 5.75 Å². The molecule has 1 heterocycles. The van der Waals surface area contributed by atoms with E-state index in [1.807, 2.05) is 12.1 Å². The van der Waals surface area contributed by atoms with E-state index in [0.717, 1.165) is 62.5 Å². The van der Waals surface area contributed by atoms with Crippen molar-refractivity contribution in [2.45, 2.75) is 20.3 Å². The van der Waals surface area contributed by atoms with Gasteiger partial charge in [0.05, 0.1) is 11.4 Å². The number of hydrogen-bond donors (Lipinski definition) is 0. The van der Waals surface area contributed by atoms with Crippen molar-refractivity contribution in [3.63, 3.8) is 0 Å². The molecule has 0 atom stereocenters. The van der Waals surface area contributed by atoms with Crippen LogP contribution in [0, 0.1) is 13.8 Å². The van der Waals surface area contributed by atoms with Crippen LogP contribution >= 0.6 is 0 Å². The second-order valence-electron chi connectivity index (χ2n) is 12.9. The fraction of sp³-hybridized carbons (Fsp3) is 0.0625. The molecule has 0 spiro atoms. The van der Waals surface area contributed by atoms with E-state index in [4.69, 9.17) is 9.73 Å². The van der Waals surface area contributed by atoms with E-state index in [9.17, 15) is 0 Å². The van der Waals surface area contributed by atoms with Crippen LogP contribution in [0.25, 0.3) is 44.5 Å². The third-order valence-electron chi connectivity index (χ3n) is 9.52. The topological polar surface area (TPSA) is 21.6 Å². The Kier molecular flexibility index (Phi) is 8.28. The minimum absolute atomic E-state index is 0.633. The highest BCUT2D eigenvalue weighted by atomic mass is 16.5. The van der Waals surface area contributed by atoms with Gasteiger partial charge in [-0.15, -0.1) is 0 Å². The Balaban J connectivity index is 1.24. The van der Waals surface area contributed by atoms with Crippen LogP contribution in [0.1, 0.15) is 38.9 Å². The van der Waals surface area contributed by atoms with E-state index in [2.05, 4.69) is 172 Å². The van der Waals surface area contributed by atoms with Crippen LogP contribution < -0.4 is 4.74 Å². The predicted molar refractivity (Wildman–Crippen MR) is 211 cm³/mol. The zero-order valence-electron chi connectivity index (χ0n) is 28.4. The van der Waals surface area contributed by atoms with E-state index in [-0.39, 0.29) is 0 Å². The van der Waals surface area contributed by atoms with Crippen molar-refractivity contribution in [1.29, 1.82) is 0 Å². The molecule has 0 radical (unpaired) electrons. The van der Waals surface area contributed by atoms with E-state index in [0.29, 0.717) is 5.76 Å². The minimum Gasteiger partial charge on any atom is -0.457 e. The molecule has 0 fully saturated rings. The SMILES string of the molecule is C=C(Oc1cc(-c2c(-c3cccc(C4=CCc5ccccc5C(c5ccccc5)=N4)c3)ccc3ccccc23)ccc1C)c1cccc(C)c1.